The topological polar surface area (TPSA) is 55.3 Å². The Bertz CT molecular complexity index is 733. The van der Waals surface area contributed by atoms with Crippen LogP contribution < -0.4 is 4.74 Å². The summed E-state index contributed by atoms with van der Waals surface area (Å²) in [5.74, 6) is -0.0481. The van der Waals surface area contributed by atoms with Gasteiger partial charge in [-0.1, -0.05) is 35.3 Å². The highest BCUT2D eigenvalue weighted by molar-refractivity contribution is 6.30. The molecule has 1 atom stereocenters. The van der Waals surface area contributed by atoms with Gasteiger partial charge >= 0.3 is 6.01 Å². The molecule has 1 aromatic carbocycles. The summed E-state index contributed by atoms with van der Waals surface area (Å²) in [6, 6.07) is 7.57. The number of amides is 1. The quantitative estimate of drug-likeness (QED) is 0.780. The van der Waals surface area contributed by atoms with Crippen molar-refractivity contribution < 1.29 is 9.53 Å². The molecule has 3 rings (SSSR count). The maximum Gasteiger partial charge on any atom is 0.316 e. The fourth-order valence-corrected chi connectivity index (χ4v) is 2.61. The normalized spacial score (nSPS) is 17.4. The summed E-state index contributed by atoms with van der Waals surface area (Å²) in [7, 11) is 0. The zero-order valence-corrected chi connectivity index (χ0v) is 14.2. The van der Waals surface area contributed by atoms with E-state index in [1.54, 1.807) is 29.2 Å². The summed E-state index contributed by atoms with van der Waals surface area (Å²) in [5.41, 5.74) is 0.925. The highest BCUT2D eigenvalue weighted by atomic mass is 35.5. The molecular weight excluding hydrogens is 349 g/mol. The molecule has 2 heterocycles. The van der Waals surface area contributed by atoms with Crippen LogP contribution in [0.5, 0.6) is 6.01 Å². The highest BCUT2D eigenvalue weighted by Crippen LogP contribution is 2.17. The average Bonchev–Trinajstić information content (AvgIpc) is 3.05. The van der Waals surface area contributed by atoms with Crippen molar-refractivity contribution in [1.82, 2.24) is 14.9 Å². The van der Waals surface area contributed by atoms with Gasteiger partial charge in [0.1, 0.15) is 6.10 Å². The second kappa shape index (κ2) is 7.64. The fraction of sp³-hybridized carbons (Fsp3) is 0.235. The van der Waals surface area contributed by atoms with E-state index in [0.29, 0.717) is 23.1 Å². The lowest BCUT2D eigenvalue weighted by Crippen LogP contribution is -2.29. The van der Waals surface area contributed by atoms with E-state index < -0.39 is 0 Å². The van der Waals surface area contributed by atoms with E-state index in [1.165, 1.54) is 12.4 Å². The Morgan fingerprint density at radius 2 is 1.88 bits per heavy atom. The van der Waals surface area contributed by atoms with E-state index in [4.69, 9.17) is 27.9 Å². The maximum absolute atomic E-state index is 12.2. The standard InChI is InChI=1S/C17H15Cl2N3O2/c18-13-4-1-12(2-5-13)3-6-16(23)22-8-7-15(11-22)24-17-20-9-14(19)10-21-17/h1-6,9-10,15H,7-8,11H2/b6-3+. The van der Waals surface area contributed by atoms with Crippen molar-refractivity contribution in [3.63, 3.8) is 0 Å². The molecule has 1 aromatic heterocycles. The molecule has 0 bridgehead atoms. The number of halogens is 2. The molecule has 0 N–H and O–H groups in total. The molecule has 1 fully saturated rings. The van der Waals surface area contributed by atoms with Crippen molar-refractivity contribution in [2.45, 2.75) is 12.5 Å². The molecule has 0 saturated carbocycles. The van der Waals surface area contributed by atoms with E-state index in [0.717, 1.165) is 12.0 Å². The van der Waals surface area contributed by atoms with Crippen LogP contribution in [-0.4, -0.2) is 40.0 Å². The van der Waals surface area contributed by atoms with Gasteiger partial charge in [0.05, 0.1) is 24.0 Å². The van der Waals surface area contributed by atoms with Gasteiger partial charge < -0.3 is 9.64 Å². The molecule has 1 unspecified atom stereocenters. The van der Waals surface area contributed by atoms with E-state index in [9.17, 15) is 4.79 Å². The van der Waals surface area contributed by atoms with Crippen LogP contribution in [0.15, 0.2) is 42.7 Å². The zero-order chi connectivity index (χ0) is 16.9. The first-order valence-corrected chi connectivity index (χ1v) is 8.22. The molecule has 0 radical (unpaired) electrons. The Balaban J connectivity index is 1.53. The second-order valence-corrected chi connectivity index (χ2v) is 6.25. The molecule has 5 nitrogen and oxygen atoms in total. The van der Waals surface area contributed by atoms with Gasteiger partial charge in [-0.2, -0.15) is 0 Å². The van der Waals surface area contributed by atoms with Crippen LogP contribution >= 0.6 is 23.2 Å². The third kappa shape index (κ3) is 4.46. The van der Waals surface area contributed by atoms with Crippen molar-refractivity contribution >= 4 is 35.2 Å². The first kappa shape index (κ1) is 16.7. The van der Waals surface area contributed by atoms with Crippen molar-refractivity contribution in [3.05, 3.63) is 58.3 Å². The Labute approximate surface area is 149 Å². The molecule has 2 aromatic rings. The predicted octanol–water partition coefficient (Wildman–Crippen LogP) is 3.48. The number of benzene rings is 1. The Morgan fingerprint density at radius 3 is 2.58 bits per heavy atom. The SMILES string of the molecule is O=C(/C=C/c1ccc(Cl)cc1)N1CCC(Oc2ncc(Cl)cn2)C1. The number of likely N-dealkylation sites (tertiary alicyclic amines) is 1. The summed E-state index contributed by atoms with van der Waals surface area (Å²) in [4.78, 5) is 22.0. The minimum Gasteiger partial charge on any atom is -0.458 e. The van der Waals surface area contributed by atoms with Gasteiger partial charge in [-0.25, -0.2) is 9.97 Å². The van der Waals surface area contributed by atoms with Gasteiger partial charge in [-0.3, -0.25) is 4.79 Å². The van der Waals surface area contributed by atoms with Gasteiger partial charge in [0, 0.05) is 24.1 Å². The van der Waals surface area contributed by atoms with Gasteiger partial charge in [-0.15, -0.1) is 0 Å². The minimum absolute atomic E-state index is 0.0481. The zero-order valence-electron chi connectivity index (χ0n) is 12.7. The third-order valence-corrected chi connectivity index (χ3v) is 4.06. The number of carbonyl (C=O) groups is 1. The maximum atomic E-state index is 12.2. The molecular formula is C17H15Cl2N3O2. The molecule has 0 spiro atoms. The first-order valence-electron chi connectivity index (χ1n) is 7.47. The monoisotopic (exact) mass is 363 g/mol. The molecule has 1 aliphatic rings. The van der Waals surface area contributed by atoms with E-state index in [1.807, 2.05) is 12.1 Å². The predicted molar refractivity (Wildman–Crippen MR) is 93.1 cm³/mol. The highest BCUT2D eigenvalue weighted by Gasteiger charge is 2.27. The van der Waals surface area contributed by atoms with Crippen molar-refractivity contribution in [2.75, 3.05) is 13.1 Å². The largest absolute Gasteiger partial charge is 0.458 e. The number of rotatable bonds is 4. The Kier molecular flexibility index (Phi) is 5.33. The number of carbonyl (C=O) groups excluding carboxylic acids is 1. The van der Waals surface area contributed by atoms with Gasteiger partial charge in [0.15, 0.2) is 0 Å². The summed E-state index contributed by atoms with van der Waals surface area (Å²) >= 11 is 11.6. The van der Waals surface area contributed by atoms with Gasteiger partial charge in [-0.05, 0) is 23.8 Å². The smallest absolute Gasteiger partial charge is 0.316 e. The van der Waals surface area contributed by atoms with Crippen LogP contribution in [0.25, 0.3) is 6.08 Å². The molecule has 0 aliphatic carbocycles. The van der Waals surface area contributed by atoms with Crippen LogP contribution in [0.3, 0.4) is 0 Å². The average molecular weight is 364 g/mol. The molecule has 1 aliphatic heterocycles. The molecule has 124 valence electrons. The molecule has 1 saturated heterocycles. The summed E-state index contributed by atoms with van der Waals surface area (Å²) in [6.45, 7) is 1.15. The minimum atomic E-state index is -0.112. The number of hydrogen-bond acceptors (Lipinski definition) is 4. The van der Waals surface area contributed by atoms with Gasteiger partial charge in [0.2, 0.25) is 5.91 Å². The first-order chi connectivity index (χ1) is 11.6. The van der Waals surface area contributed by atoms with E-state index >= 15 is 0 Å². The summed E-state index contributed by atoms with van der Waals surface area (Å²) in [6.07, 6.45) is 6.93. The van der Waals surface area contributed by atoms with Crippen LogP contribution in [0.4, 0.5) is 0 Å². The van der Waals surface area contributed by atoms with Gasteiger partial charge in [0.25, 0.3) is 0 Å². The lowest BCUT2D eigenvalue weighted by Gasteiger charge is -2.14. The van der Waals surface area contributed by atoms with Crippen LogP contribution in [0, 0.1) is 0 Å². The number of hydrogen-bond donors (Lipinski definition) is 0. The number of ether oxygens (including phenoxy) is 1. The number of aromatic nitrogens is 2. The van der Waals surface area contributed by atoms with Crippen LogP contribution in [0.2, 0.25) is 10.0 Å². The fourth-order valence-electron chi connectivity index (χ4n) is 2.38. The number of nitrogens with zero attached hydrogens (tertiary/aromatic N) is 3. The third-order valence-electron chi connectivity index (χ3n) is 3.61. The van der Waals surface area contributed by atoms with Crippen molar-refractivity contribution in [3.8, 4) is 6.01 Å². The van der Waals surface area contributed by atoms with Crippen molar-refractivity contribution in [1.29, 1.82) is 0 Å². The second-order valence-electron chi connectivity index (χ2n) is 5.38. The summed E-state index contributed by atoms with van der Waals surface area (Å²) in [5, 5.41) is 1.13. The van der Waals surface area contributed by atoms with E-state index in [-0.39, 0.29) is 18.0 Å². The van der Waals surface area contributed by atoms with E-state index in [2.05, 4.69) is 9.97 Å². The summed E-state index contributed by atoms with van der Waals surface area (Å²) < 4.78 is 5.67. The molecule has 1 amide bonds. The van der Waals surface area contributed by atoms with Crippen molar-refractivity contribution in [2.24, 2.45) is 0 Å². The Hall–Kier alpha value is -2.11. The lowest BCUT2D eigenvalue weighted by molar-refractivity contribution is -0.125. The molecule has 7 heteroatoms. The Morgan fingerprint density at radius 1 is 1.17 bits per heavy atom. The van der Waals surface area contributed by atoms with Crippen LogP contribution in [-0.2, 0) is 4.79 Å². The van der Waals surface area contributed by atoms with Crippen LogP contribution in [0.1, 0.15) is 12.0 Å². The lowest BCUT2D eigenvalue weighted by atomic mass is 10.2. The molecule has 24 heavy (non-hydrogen) atoms.